The van der Waals surface area contributed by atoms with Crippen LogP contribution in [0.15, 0.2) is 72.8 Å². The number of ether oxygens (including phenoxy) is 1. The van der Waals surface area contributed by atoms with E-state index in [4.69, 9.17) is 4.74 Å². The number of benzene rings is 2. The van der Waals surface area contributed by atoms with E-state index in [-0.39, 0.29) is 5.91 Å². The van der Waals surface area contributed by atoms with E-state index >= 15 is 0 Å². The summed E-state index contributed by atoms with van der Waals surface area (Å²) in [5.41, 5.74) is 1.29. The first-order valence-electron chi connectivity index (χ1n) is 8.47. The van der Waals surface area contributed by atoms with Crippen molar-refractivity contribution in [3.8, 4) is 0 Å². The largest absolute Gasteiger partial charge is 0.450 e. The minimum atomic E-state index is -0.620. The monoisotopic (exact) mass is 337 g/mol. The molecule has 0 bridgehead atoms. The highest BCUT2D eigenvalue weighted by atomic mass is 16.5. The minimum absolute atomic E-state index is 0.190. The fraction of sp³-hybridized carbons (Fsp3) is 0.238. The van der Waals surface area contributed by atoms with Crippen LogP contribution in [-0.2, 0) is 9.53 Å². The second kappa shape index (κ2) is 10.1. The van der Waals surface area contributed by atoms with E-state index < -0.39 is 12.1 Å². The molecule has 25 heavy (non-hydrogen) atoms. The first kappa shape index (κ1) is 18.5. The normalized spacial score (nSPS) is 11.9. The Morgan fingerprint density at radius 3 is 2.32 bits per heavy atom. The van der Waals surface area contributed by atoms with Crippen molar-refractivity contribution in [3.63, 3.8) is 0 Å². The fourth-order valence-corrected chi connectivity index (χ4v) is 2.24. The van der Waals surface area contributed by atoms with Gasteiger partial charge in [0.05, 0.1) is 5.56 Å². The van der Waals surface area contributed by atoms with E-state index in [0.29, 0.717) is 12.1 Å². The van der Waals surface area contributed by atoms with Gasteiger partial charge in [0.15, 0.2) is 0 Å². The van der Waals surface area contributed by atoms with Crippen LogP contribution in [0.1, 0.15) is 41.8 Å². The van der Waals surface area contributed by atoms with Crippen LogP contribution in [0.3, 0.4) is 0 Å². The summed E-state index contributed by atoms with van der Waals surface area (Å²) in [6, 6.07) is 18.2. The lowest BCUT2D eigenvalue weighted by atomic mass is 10.1. The quantitative estimate of drug-likeness (QED) is 0.449. The van der Waals surface area contributed by atoms with Crippen LogP contribution in [0.4, 0.5) is 0 Å². The van der Waals surface area contributed by atoms with Crippen LogP contribution >= 0.6 is 0 Å². The molecule has 1 atom stereocenters. The number of carbonyl (C=O) groups excluding carboxylic acids is 2. The zero-order valence-electron chi connectivity index (χ0n) is 14.4. The van der Waals surface area contributed by atoms with E-state index in [1.54, 1.807) is 30.3 Å². The summed E-state index contributed by atoms with van der Waals surface area (Å²) in [6.07, 6.45) is 4.37. The van der Waals surface area contributed by atoms with Crippen molar-refractivity contribution in [1.29, 1.82) is 0 Å². The molecular weight excluding hydrogens is 314 g/mol. The SMILES string of the molecule is CCCCNC(=O)/C=C/C(OC(=O)c1ccccc1)c1ccccc1. The average Bonchev–Trinajstić information content (AvgIpc) is 2.66. The van der Waals surface area contributed by atoms with Gasteiger partial charge in [0.25, 0.3) is 0 Å². The average molecular weight is 337 g/mol. The van der Waals surface area contributed by atoms with E-state index in [1.165, 1.54) is 6.08 Å². The summed E-state index contributed by atoms with van der Waals surface area (Å²) in [6.45, 7) is 2.70. The summed E-state index contributed by atoms with van der Waals surface area (Å²) in [4.78, 5) is 24.2. The van der Waals surface area contributed by atoms with Gasteiger partial charge < -0.3 is 10.1 Å². The standard InChI is InChI=1S/C21H23NO3/c1-2-3-16-22-20(23)15-14-19(17-10-6-4-7-11-17)25-21(24)18-12-8-5-9-13-18/h4-15,19H,2-3,16H2,1H3,(H,22,23)/b15-14+. The van der Waals surface area contributed by atoms with Crippen LogP contribution in [-0.4, -0.2) is 18.4 Å². The Morgan fingerprint density at radius 2 is 1.68 bits per heavy atom. The Kier molecular flexibility index (Phi) is 7.44. The number of hydrogen-bond acceptors (Lipinski definition) is 3. The summed E-state index contributed by atoms with van der Waals surface area (Å²) >= 11 is 0. The molecule has 0 aliphatic carbocycles. The molecule has 0 saturated carbocycles. The molecule has 1 unspecified atom stereocenters. The molecule has 0 radical (unpaired) electrons. The van der Waals surface area contributed by atoms with Gasteiger partial charge in [-0.3, -0.25) is 4.79 Å². The number of nitrogens with one attached hydrogen (secondary N) is 1. The third kappa shape index (κ3) is 6.26. The maximum Gasteiger partial charge on any atom is 0.339 e. The molecule has 0 aromatic heterocycles. The smallest absolute Gasteiger partial charge is 0.339 e. The van der Waals surface area contributed by atoms with Gasteiger partial charge >= 0.3 is 5.97 Å². The number of rotatable bonds is 8. The number of esters is 1. The first-order chi connectivity index (χ1) is 12.2. The zero-order valence-corrected chi connectivity index (χ0v) is 14.4. The predicted molar refractivity (Wildman–Crippen MR) is 98.1 cm³/mol. The molecule has 0 saturated heterocycles. The summed E-state index contributed by atoms with van der Waals surface area (Å²) in [7, 11) is 0. The molecule has 0 aliphatic heterocycles. The van der Waals surface area contributed by atoms with Crippen molar-refractivity contribution in [2.75, 3.05) is 6.54 Å². The third-order valence-electron chi connectivity index (χ3n) is 3.62. The van der Waals surface area contributed by atoms with Crippen molar-refractivity contribution in [1.82, 2.24) is 5.32 Å². The minimum Gasteiger partial charge on any atom is -0.450 e. The summed E-state index contributed by atoms with van der Waals surface area (Å²) in [5, 5.41) is 2.81. The lowest BCUT2D eigenvalue weighted by Gasteiger charge is -2.15. The highest BCUT2D eigenvalue weighted by Gasteiger charge is 2.15. The number of hydrogen-bond donors (Lipinski definition) is 1. The molecule has 1 amide bonds. The molecule has 0 heterocycles. The first-order valence-corrected chi connectivity index (χ1v) is 8.47. The van der Waals surface area contributed by atoms with Crippen molar-refractivity contribution in [2.24, 2.45) is 0 Å². The molecular formula is C21H23NO3. The van der Waals surface area contributed by atoms with E-state index in [0.717, 1.165) is 18.4 Å². The van der Waals surface area contributed by atoms with Crippen LogP contribution < -0.4 is 5.32 Å². The molecule has 0 spiro atoms. The predicted octanol–water partition coefficient (Wildman–Crippen LogP) is 4.06. The lowest BCUT2D eigenvalue weighted by Crippen LogP contribution is -2.22. The number of carbonyl (C=O) groups is 2. The lowest BCUT2D eigenvalue weighted by molar-refractivity contribution is -0.116. The van der Waals surface area contributed by atoms with Gasteiger partial charge in [0.1, 0.15) is 6.10 Å². The van der Waals surface area contributed by atoms with Gasteiger partial charge in [-0.05, 0) is 30.2 Å². The van der Waals surface area contributed by atoms with Crippen molar-refractivity contribution < 1.29 is 14.3 Å². The Bertz CT molecular complexity index is 696. The second-order valence-corrected chi connectivity index (χ2v) is 5.61. The Balaban J connectivity index is 2.08. The van der Waals surface area contributed by atoms with Crippen LogP contribution in [0.5, 0.6) is 0 Å². The van der Waals surface area contributed by atoms with Gasteiger partial charge in [0.2, 0.25) is 5.91 Å². The van der Waals surface area contributed by atoms with Gasteiger partial charge in [-0.25, -0.2) is 4.79 Å². The van der Waals surface area contributed by atoms with Gasteiger partial charge in [-0.1, -0.05) is 61.9 Å². The van der Waals surface area contributed by atoms with Crippen LogP contribution in [0.2, 0.25) is 0 Å². The molecule has 4 nitrogen and oxygen atoms in total. The Hall–Kier alpha value is -2.88. The molecule has 1 N–H and O–H groups in total. The molecule has 4 heteroatoms. The van der Waals surface area contributed by atoms with Gasteiger partial charge in [-0.2, -0.15) is 0 Å². The van der Waals surface area contributed by atoms with E-state index in [2.05, 4.69) is 12.2 Å². The van der Waals surface area contributed by atoms with Crippen molar-refractivity contribution >= 4 is 11.9 Å². The maximum atomic E-state index is 12.3. The highest BCUT2D eigenvalue weighted by molar-refractivity contribution is 5.90. The van der Waals surface area contributed by atoms with Gasteiger partial charge in [0, 0.05) is 12.6 Å². The van der Waals surface area contributed by atoms with Gasteiger partial charge in [-0.15, -0.1) is 0 Å². The zero-order chi connectivity index (χ0) is 17.9. The summed E-state index contributed by atoms with van der Waals surface area (Å²) < 4.78 is 5.59. The van der Waals surface area contributed by atoms with Crippen molar-refractivity contribution in [3.05, 3.63) is 83.9 Å². The Morgan fingerprint density at radius 1 is 1.04 bits per heavy atom. The molecule has 2 rings (SSSR count). The summed E-state index contributed by atoms with van der Waals surface area (Å²) in [5.74, 6) is -0.615. The fourth-order valence-electron chi connectivity index (χ4n) is 2.24. The Labute approximate surface area is 148 Å². The second-order valence-electron chi connectivity index (χ2n) is 5.61. The topological polar surface area (TPSA) is 55.4 Å². The highest BCUT2D eigenvalue weighted by Crippen LogP contribution is 2.20. The van der Waals surface area contributed by atoms with E-state index in [9.17, 15) is 9.59 Å². The molecule has 2 aromatic carbocycles. The third-order valence-corrected chi connectivity index (χ3v) is 3.62. The number of unbranched alkanes of at least 4 members (excludes halogenated alkanes) is 1. The van der Waals surface area contributed by atoms with E-state index in [1.807, 2.05) is 36.4 Å². The van der Waals surface area contributed by atoms with Crippen LogP contribution in [0, 0.1) is 0 Å². The number of amides is 1. The van der Waals surface area contributed by atoms with Crippen molar-refractivity contribution in [2.45, 2.75) is 25.9 Å². The molecule has 0 fully saturated rings. The van der Waals surface area contributed by atoms with Crippen LogP contribution in [0.25, 0.3) is 0 Å². The maximum absolute atomic E-state index is 12.3. The molecule has 130 valence electrons. The molecule has 2 aromatic rings. The molecule has 0 aliphatic rings.